The number of carboxylic acids is 1. The maximum absolute atomic E-state index is 13.4. The van der Waals surface area contributed by atoms with Crippen LogP contribution in [0.15, 0.2) is 36.4 Å². The first-order valence-electron chi connectivity index (χ1n) is 16.1. The Balaban J connectivity index is 1.28. The average Bonchev–Trinajstić information content (AvgIpc) is 3.66. The van der Waals surface area contributed by atoms with E-state index in [9.17, 15) is 33.9 Å². The van der Waals surface area contributed by atoms with Gasteiger partial charge in [-0.3, -0.25) is 24.0 Å². The lowest BCUT2D eigenvalue weighted by molar-refractivity contribution is -0.144. The molecule has 0 bridgehead atoms. The van der Waals surface area contributed by atoms with Crippen molar-refractivity contribution < 1.29 is 43.3 Å². The molecule has 258 valence electrons. The molecule has 2 saturated heterocycles. The van der Waals surface area contributed by atoms with Gasteiger partial charge < -0.3 is 39.5 Å². The van der Waals surface area contributed by atoms with Crippen molar-refractivity contribution in [1.82, 2.24) is 34.7 Å². The van der Waals surface area contributed by atoms with Gasteiger partial charge in [0, 0.05) is 51.9 Å². The van der Waals surface area contributed by atoms with Gasteiger partial charge in [0.25, 0.3) is 11.8 Å². The third-order valence-corrected chi connectivity index (χ3v) is 8.65. The summed E-state index contributed by atoms with van der Waals surface area (Å²) in [6, 6.07) is 8.32. The predicted molar refractivity (Wildman–Crippen MR) is 168 cm³/mol. The van der Waals surface area contributed by atoms with Crippen molar-refractivity contribution in [2.24, 2.45) is 0 Å². The molecule has 0 radical (unpaired) electrons. The molecule has 5 amide bonds. The van der Waals surface area contributed by atoms with Crippen molar-refractivity contribution in [2.75, 3.05) is 53.0 Å². The zero-order valence-corrected chi connectivity index (χ0v) is 27.1. The van der Waals surface area contributed by atoms with E-state index in [4.69, 9.17) is 9.47 Å². The van der Waals surface area contributed by atoms with E-state index in [0.29, 0.717) is 25.1 Å². The number of nitrogens with zero attached hydrogens (tertiary/aromatic N) is 6. The predicted octanol–water partition coefficient (Wildman–Crippen LogP) is 0.737. The summed E-state index contributed by atoms with van der Waals surface area (Å²) in [7, 11) is 1.77. The van der Waals surface area contributed by atoms with Gasteiger partial charge in [-0.2, -0.15) is 5.10 Å². The van der Waals surface area contributed by atoms with Crippen LogP contribution in [0.1, 0.15) is 49.5 Å². The zero-order chi connectivity index (χ0) is 34.4. The first-order chi connectivity index (χ1) is 23.1. The molecule has 1 aromatic heterocycles. The van der Waals surface area contributed by atoms with Crippen LogP contribution in [-0.2, 0) is 23.9 Å². The van der Waals surface area contributed by atoms with Crippen LogP contribution in [0.2, 0.25) is 0 Å². The van der Waals surface area contributed by atoms with Crippen LogP contribution in [0.25, 0.3) is 5.69 Å². The molecule has 2 aliphatic heterocycles. The highest BCUT2D eigenvalue weighted by Gasteiger charge is 2.40. The van der Waals surface area contributed by atoms with Crippen molar-refractivity contribution in [1.29, 1.82) is 0 Å². The largest absolute Gasteiger partial charge is 0.481 e. The van der Waals surface area contributed by atoms with Crippen LogP contribution in [0, 0.1) is 0 Å². The lowest BCUT2D eigenvalue weighted by Crippen LogP contribution is -2.56. The number of piperazine rings is 1. The summed E-state index contributed by atoms with van der Waals surface area (Å²) in [5.41, 5.74) is 0.355. The number of ether oxygens (including phenoxy) is 2. The molecule has 1 saturated carbocycles. The molecule has 3 aliphatic rings. The zero-order valence-electron chi connectivity index (χ0n) is 27.1. The van der Waals surface area contributed by atoms with Crippen molar-refractivity contribution in [3.63, 3.8) is 0 Å². The minimum absolute atomic E-state index is 0.0630. The topological polar surface area (TPSA) is 184 Å². The molecule has 16 nitrogen and oxygen atoms in total. The third-order valence-electron chi connectivity index (χ3n) is 8.65. The maximum Gasteiger partial charge on any atom is 0.409 e. The molecule has 48 heavy (non-hydrogen) atoms. The number of nitrogens with one attached hydrogen (secondary N) is 1. The smallest absolute Gasteiger partial charge is 0.409 e. The lowest BCUT2D eigenvalue weighted by atomic mass is 10.1. The average molecular weight is 668 g/mol. The van der Waals surface area contributed by atoms with Crippen LogP contribution in [0.3, 0.4) is 0 Å². The highest BCUT2D eigenvalue weighted by molar-refractivity contribution is 5.97. The highest BCUT2D eigenvalue weighted by atomic mass is 16.6. The minimum Gasteiger partial charge on any atom is -0.481 e. The Morgan fingerprint density at radius 1 is 1.00 bits per heavy atom. The number of amides is 5. The molecule has 16 heteroatoms. The van der Waals surface area contributed by atoms with Gasteiger partial charge in [-0.05, 0) is 44.7 Å². The van der Waals surface area contributed by atoms with Crippen LogP contribution in [0.5, 0.6) is 5.88 Å². The first kappa shape index (κ1) is 34.2. The lowest BCUT2D eigenvalue weighted by Gasteiger charge is -2.35. The molecular weight excluding hydrogens is 626 g/mol. The van der Waals surface area contributed by atoms with Gasteiger partial charge in [0.1, 0.15) is 12.1 Å². The second-order valence-electron chi connectivity index (χ2n) is 12.0. The van der Waals surface area contributed by atoms with E-state index < -0.39 is 49.0 Å². The molecule has 5 rings (SSSR count). The molecule has 1 aromatic carbocycles. The van der Waals surface area contributed by atoms with Gasteiger partial charge in [0.2, 0.25) is 17.7 Å². The van der Waals surface area contributed by atoms with E-state index >= 15 is 0 Å². The van der Waals surface area contributed by atoms with Crippen molar-refractivity contribution in [3.8, 4) is 11.6 Å². The fraction of sp³-hybridized carbons (Fsp3) is 0.531. The summed E-state index contributed by atoms with van der Waals surface area (Å²) in [4.78, 5) is 82.9. The van der Waals surface area contributed by atoms with E-state index in [-0.39, 0.29) is 62.2 Å². The van der Waals surface area contributed by atoms with Gasteiger partial charge in [0.15, 0.2) is 12.3 Å². The minimum atomic E-state index is -1.41. The number of aliphatic carboxylic acids is 1. The summed E-state index contributed by atoms with van der Waals surface area (Å²) in [5.74, 6) is -3.12. The van der Waals surface area contributed by atoms with E-state index in [2.05, 4.69) is 10.4 Å². The number of benzene rings is 1. The molecule has 0 spiro atoms. The van der Waals surface area contributed by atoms with Gasteiger partial charge in [-0.15, -0.1) is 0 Å². The Morgan fingerprint density at radius 2 is 1.69 bits per heavy atom. The number of rotatable bonds is 12. The van der Waals surface area contributed by atoms with Crippen LogP contribution in [-0.4, -0.2) is 141 Å². The fourth-order valence-electron chi connectivity index (χ4n) is 5.90. The van der Waals surface area contributed by atoms with E-state index in [1.807, 2.05) is 0 Å². The maximum atomic E-state index is 13.4. The number of carbonyl (C=O) groups excluding carboxylic acids is 5. The molecule has 1 aliphatic carbocycles. The number of carboxylic acid groups (broad SMARTS) is 1. The Hall–Kier alpha value is -5.15. The van der Waals surface area contributed by atoms with Crippen molar-refractivity contribution in [3.05, 3.63) is 42.1 Å². The number of hydrogen-bond acceptors (Lipinski definition) is 9. The second-order valence-corrected chi connectivity index (χ2v) is 12.0. The Kier molecular flexibility index (Phi) is 10.8. The molecule has 3 fully saturated rings. The summed E-state index contributed by atoms with van der Waals surface area (Å²) in [5, 5.41) is 16.4. The normalized spacial score (nSPS) is 18.2. The SMILES string of the molecule is CCOC(=O)N1CCN(C(=O)[C@H](CC(=O)O)NC(=O)c2cc(OCC(=O)N3CCC[C@H]3C(=O)N(C)C3CC3)n(-c3ccccc3)n2)CC1. The van der Waals surface area contributed by atoms with E-state index in [1.165, 1.54) is 25.4 Å². The van der Waals surface area contributed by atoms with Crippen molar-refractivity contribution >= 4 is 35.7 Å². The summed E-state index contributed by atoms with van der Waals surface area (Å²) in [6.45, 7) is 2.60. The summed E-state index contributed by atoms with van der Waals surface area (Å²) < 4.78 is 12.2. The Labute approximate surface area is 277 Å². The molecule has 3 heterocycles. The molecule has 0 unspecified atom stereocenters. The molecule has 2 N–H and O–H groups in total. The first-order valence-corrected chi connectivity index (χ1v) is 16.1. The van der Waals surface area contributed by atoms with Gasteiger partial charge in [-0.25, -0.2) is 9.48 Å². The number of hydrogen-bond donors (Lipinski definition) is 2. The third kappa shape index (κ3) is 8.04. The second kappa shape index (κ2) is 15.2. The van der Waals surface area contributed by atoms with Gasteiger partial charge in [-0.1, -0.05) is 18.2 Å². The van der Waals surface area contributed by atoms with E-state index in [0.717, 1.165) is 12.8 Å². The number of para-hydroxylation sites is 1. The Bertz CT molecular complexity index is 1520. The van der Waals surface area contributed by atoms with Crippen LogP contribution in [0.4, 0.5) is 4.79 Å². The monoisotopic (exact) mass is 667 g/mol. The molecule has 2 atom stereocenters. The number of likely N-dealkylation sites (tertiary alicyclic amines) is 1. The number of aromatic nitrogens is 2. The number of likely N-dealkylation sites (N-methyl/N-ethyl adjacent to an activating group) is 1. The van der Waals surface area contributed by atoms with Crippen molar-refractivity contribution in [2.45, 2.75) is 57.2 Å². The van der Waals surface area contributed by atoms with Crippen LogP contribution >= 0.6 is 0 Å². The summed E-state index contributed by atoms with van der Waals surface area (Å²) >= 11 is 0. The van der Waals surface area contributed by atoms with Gasteiger partial charge >= 0.3 is 12.1 Å². The molecular formula is C32H41N7O9. The Morgan fingerprint density at radius 3 is 2.33 bits per heavy atom. The van der Waals surface area contributed by atoms with E-state index in [1.54, 1.807) is 49.2 Å². The number of carbonyl (C=O) groups is 6. The quantitative estimate of drug-likeness (QED) is 0.327. The highest BCUT2D eigenvalue weighted by Crippen LogP contribution is 2.29. The standard InChI is InChI=1S/C32H41N7O9/c1-3-47-32(46)37-16-14-36(15-17-37)30(44)24(19-28(41)42)33-29(43)23-18-27(39(34-23)22-8-5-4-6-9-22)48-20-26(40)38-13-7-10-25(38)31(45)35(2)21-11-12-21/h4-6,8-9,18,21,24-25H,3,7,10-17,19-20H2,1-2H3,(H,33,43)(H,41,42)/t24-,25-/m0/s1. The summed E-state index contributed by atoms with van der Waals surface area (Å²) in [6.07, 6.45) is 2.03. The molecule has 2 aromatic rings. The van der Waals surface area contributed by atoms with Gasteiger partial charge in [0.05, 0.1) is 18.7 Å². The fourth-order valence-corrected chi connectivity index (χ4v) is 5.90. The van der Waals surface area contributed by atoms with Crippen LogP contribution < -0.4 is 10.1 Å².